The van der Waals surface area contributed by atoms with E-state index in [0.717, 1.165) is 42.5 Å². The first-order valence-electron chi connectivity index (χ1n) is 10.6. The van der Waals surface area contributed by atoms with E-state index in [1.165, 1.54) is 12.8 Å². The molecule has 7 heteroatoms. The molecule has 2 aromatic carbocycles. The van der Waals surface area contributed by atoms with Crippen molar-refractivity contribution in [2.24, 2.45) is 0 Å². The molecule has 0 bridgehead atoms. The lowest BCUT2D eigenvalue weighted by atomic mass is 10.2. The molecule has 0 unspecified atom stereocenters. The van der Waals surface area contributed by atoms with Crippen LogP contribution in [0.5, 0.6) is 0 Å². The van der Waals surface area contributed by atoms with Gasteiger partial charge in [-0.15, -0.1) is 0 Å². The minimum absolute atomic E-state index is 0.106. The van der Waals surface area contributed by atoms with Gasteiger partial charge in [-0.2, -0.15) is 0 Å². The molecule has 158 valence electrons. The molecule has 0 atom stereocenters. The highest BCUT2D eigenvalue weighted by Gasteiger charge is 2.23. The number of halogens is 1. The Hall–Kier alpha value is -3.12. The Labute approximate surface area is 185 Å². The maximum atomic E-state index is 13.1. The molecule has 1 aliphatic rings. The molecule has 1 N–H and O–H groups in total. The third-order valence-corrected chi connectivity index (χ3v) is 6.00. The maximum Gasteiger partial charge on any atom is 0.293 e. The summed E-state index contributed by atoms with van der Waals surface area (Å²) < 4.78 is 6.14. The van der Waals surface area contributed by atoms with Crippen molar-refractivity contribution in [1.82, 2.24) is 9.97 Å². The number of nitrogens with zero attached hydrogens (tertiary/aromatic N) is 3. The monoisotopic (exact) mass is 434 g/mol. The van der Waals surface area contributed by atoms with Crippen molar-refractivity contribution in [3.8, 4) is 0 Å². The summed E-state index contributed by atoms with van der Waals surface area (Å²) in [5.41, 5.74) is 3.59. The molecule has 1 aliphatic heterocycles. The van der Waals surface area contributed by atoms with Crippen LogP contribution in [0.3, 0.4) is 0 Å². The Morgan fingerprint density at radius 3 is 2.61 bits per heavy atom. The van der Waals surface area contributed by atoms with Crippen molar-refractivity contribution in [1.29, 1.82) is 0 Å². The number of aromatic nitrogens is 2. The number of fused-ring (bicyclic) bond motifs is 3. The summed E-state index contributed by atoms with van der Waals surface area (Å²) in [4.78, 5) is 24.6. The number of hydrogen-bond acceptors (Lipinski definition) is 5. The zero-order valence-corrected chi connectivity index (χ0v) is 18.1. The second kappa shape index (κ2) is 8.19. The van der Waals surface area contributed by atoms with Gasteiger partial charge in [0.05, 0.1) is 10.7 Å². The molecule has 1 saturated heterocycles. The van der Waals surface area contributed by atoms with E-state index in [2.05, 4.69) is 20.2 Å². The summed E-state index contributed by atoms with van der Waals surface area (Å²) >= 11 is 6.31. The van der Waals surface area contributed by atoms with E-state index in [4.69, 9.17) is 16.0 Å². The van der Waals surface area contributed by atoms with Gasteiger partial charge in [-0.1, -0.05) is 42.6 Å². The average molecular weight is 435 g/mol. The molecule has 0 saturated carbocycles. The number of aryl methyl sites for hydroxylation is 1. The lowest BCUT2D eigenvalue weighted by Gasteiger charge is -2.21. The van der Waals surface area contributed by atoms with Crippen LogP contribution in [0.4, 0.5) is 11.5 Å². The third-order valence-electron chi connectivity index (χ3n) is 5.68. The van der Waals surface area contributed by atoms with E-state index < -0.39 is 5.91 Å². The number of rotatable bonds is 3. The summed E-state index contributed by atoms with van der Waals surface area (Å²) in [6.07, 6.45) is 4.58. The third kappa shape index (κ3) is 3.83. The number of amides is 1. The van der Waals surface area contributed by atoms with Crippen LogP contribution in [-0.4, -0.2) is 29.0 Å². The second-order valence-electron chi connectivity index (χ2n) is 7.99. The summed E-state index contributed by atoms with van der Waals surface area (Å²) in [5, 5.41) is 4.21. The number of carbonyl (C=O) groups excluding carboxylic acids is 1. The van der Waals surface area contributed by atoms with E-state index in [9.17, 15) is 4.79 Å². The Balaban J connectivity index is 1.62. The minimum atomic E-state index is -0.394. The predicted molar refractivity (Wildman–Crippen MR) is 124 cm³/mol. The Kier molecular flexibility index (Phi) is 5.24. The molecule has 31 heavy (non-hydrogen) atoms. The van der Waals surface area contributed by atoms with Gasteiger partial charge in [0.2, 0.25) is 5.82 Å². The molecule has 1 amide bonds. The lowest BCUT2D eigenvalue weighted by Crippen LogP contribution is -2.26. The van der Waals surface area contributed by atoms with Crippen molar-refractivity contribution < 1.29 is 9.21 Å². The van der Waals surface area contributed by atoms with Gasteiger partial charge in [0.1, 0.15) is 11.1 Å². The fourth-order valence-corrected chi connectivity index (χ4v) is 4.36. The molecule has 1 fully saturated rings. The quantitative estimate of drug-likeness (QED) is 0.430. The van der Waals surface area contributed by atoms with Gasteiger partial charge in [0.15, 0.2) is 11.4 Å². The van der Waals surface area contributed by atoms with Crippen molar-refractivity contribution in [2.45, 2.75) is 32.6 Å². The molecular weight excluding hydrogens is 412 g/mol. The van der Waals surface area contributed by atoms with Crippen LogP contribution in [0.25, 0.3) is 22.1 Å². The van der Waals surface area contributed by atoms with Gasteiger partial charge in [0.25, 0.3) is 5.91 Å². The van der Waals surface area contributed by atoms with E-state index in [0.29, 0.717) is 27.6 Å². The Morgan fingerprint density at radius 2 is 1.84 bits per heavy atom. The van der Waals surface area contributed by atoms with Crippen LogP contribution in [0, 0.1) is 6.92 Å². The van der Waals surface area contributed by atoms with E-state index >= 15 is 0 Å². The summed E-state index contributed by atoms with van der Waals surface area (Å²) in [6.45, 7) is 3.72. The number of hydrogen-bond donors (Lipinski definition) is 1. The van der Waals surface area contributed by atoms with Gasteiger partial charge >= 0.3 is 0 Å². The van der Waals surface area contributed by atoms with Gasteiger partial charge in [-0.05, 0) is 49.6 Å². The number of nitrogens with one attached hydrogen (secondary N) is 1. The lowest BCUT2D eigenvalue weighted by molar-refractivity contribution is 0.101. The Morgan fingerprint density at radius 1 is 1.06 bits per heavy atom. The molecule has 4 aromatic rings. The zero-order chi connectivity index (χ0) is 21.4. The van der Waals surface area contributed by atoms with Crippen molar-refractivity contribution in [3.63, 3.8) is 0 Å². The van der Waals surface area contributed by atoms with Crippen molar-refractivity contribution in [2.75, 3.05) is 23.3 Å². The fourth-order valence-electron chi connectivity index (χ4n) is 4.07. The summed E-state index contributed by atoms with van der Waals surface area (Å²) in [7, 11) is 0. The van der Waals surface area contributed by atoms with Gasteiger partial charge in [-0.25, -0.2) is 9.97 Å². The van der Waals surface area contributed by atoms with Crippen LogP contribution in [0.15, 0.2) is 46.9 Å². The first-order chi connectivity index (χ1) is 15.1. The van der Waals surface area contributed by atoms with Gasteiger partial charge in [-0.3, -0.25) is 4.79 Å². The largest absolute Gasteiger partial charge is 0.450 e. The number of furan rings is 1. The number of anilines is 2. The normalized spacial score (nSPS) is 14.7. The molecule has 0 aliphatic carbocycles. The standard InChI is InChI=1S/C24H23ClN4O2/c1-15-10-11-18(17(25)14-15)26-24(30)22-27-20-16-8-4-5-9-19(16)31-21(20)23(28-22)29-12-6-2-3-7-13-29/h4-5,8-11,14H,2-3,6-7,12-13H2,1H3,(H,26,30). The topological polar surface area (TPSA) is 71.3 Å². The average Bonchev–Trinajstić information content (AvgIpc) is 2.93. The molecule has 2 aromatic heterocycles. The molecule has 6 nitrogen and oxygen atoms in total. The van der Waals surface area contributed by atoms with Gasteiger partial charge < -0.3 is 14.6 Å². The molecule has 3 heterocycles. The van der Waals surface area contributed by atoms with Crippen molar-refractivity contribution >= 4 is 51.1 Å². The number of benzene rings is 2. The zero-order valence-electron chi connectivity index (χ0n) is 17.3. The predicted octanol–water partition coefficient (Wildman–Crippen LogP) is 5.97. The SMILES string of the molecule is Cc1ccc(NC(=O)c2nc(N3CCCCCC3)c3oc4ccccc4c3n2)c(Cl)c1. The van der Waals surface area contributed by atoms with Crippen LogP contribution in [0.2, 0.25) is 5.02 Å². The highest BCUT2D eigenvalue weighted by atomic mass is 35.5. The van der Waals surface area contributed by atoms with Crippen molar-refractivity contribution in [3.05, 3.63) is 58.9 Å². The molecular formula is C24H23ClN4O2. The van der Waals surface area contributed by atoms with Crippen LogP contribution < -0.4 is 10.2 Å². The highest BCUT2D eigenvalue weighted by molar-refractivity contribution is 6.34. The first kappa shape index (κ1) is 19.8. The van der Waals surface area contributed by atoms with Crippen LogP contribution in [-0.2, 0) is 0 Å². The van der Waals surface area contributed by atoms with Crippen LogP contribution in [0.1, 0.15) is 41.9 Å². The first-order valence-corrected chi connectivity index (χ1v) is 11.0. The minimum Gasteiger partial charge on any atom is -0.450 e. The highest BCUT2D eigenvalue weighted by Crippen LogP contribution is 2.34. The van der Waals surface area contributed by atoms with E-state index in [1.807, 2.05) is 43.3 Å². The smallest absolute Gasteiger partial charge is 0.293 e. The molecule has 0 spiro atoms. The van der Waals surface area contributed by atoms with Gasteiger partial charge in [0, 0.05) is 18.5 Å². The number of para-hydroxylation sites is 1. The van der Waals surface area contributed by atoms with Crippen LogP contribution >= 0.6 is 11.6 Å². The maximum absolute atomic E-state index is 13.1. The summed E-state index contributed by atoms with van der Waals surface area (Å²) in [6, 6.07) is 13.2. The van der Waals surface area contributed by atoms with E-state index in [1.54, 1.807) is 6.07 Å². The summed E-state index contributed by atoms with van der Waals surface area (Å²) in [5.74, 6) is 0.396. The fraction of sp³-hybridized carbons (Fsp3) is 0.292. The molecule has 5 rings (SSSR count). The van der Waals surface area contributed by atoms with E-state index in [-0.39, 0.29) is 5.82 Å². The number of carbonyl (C=O) groups is 1. The Bertz CT molecular complexity index is 1280. The molecule has 0 radical (unpaired) electrons. The second-order valence-corrected chi connectivity index (χ2v) is 8.39.